The molecular formula is C14H20N4O3. The molecule has 2 rings (SSSR count). The molecular weight excluding hydrogens is 272 g/mol. The summed E-state index contributed by atoms with van der Waals surface area (Å²) in [4.78, 5) is 11.8. The maximum atomic E-state index is 11.8. The van der Waals surface area contributed by atoms with E-state index in [0.29, 0.717) is 11.5 Å². The molecule has 0 aromatic carbocycles. The quantitative estimate of drug-likeness (QED) is 0.898. The predicted octanol–water partition coefficient (Wildman–Crippen LogP) is 3.21. The van der Waals surface area contributed by atoms with Crippen LogP contribution in [0.4, 0.5) is 10.6 Å². The van der Waals surface area contributed by atoms with E-state index in [2.05, 4.69) is 21.7 Å². The summed E-state index contributed by atoms with van der Waals surface area (Å²) in [5.41, 5.74) is 0.0592. The molecule has 1 saturated carbocycles. The van der Waals surface area contributed by atoms with E-state index in [4.69, 9.17) is 14.6 Å². The highest BCUT2D eigenvalue weighted by Crippen LogP contribution is 2.37. The molecule has 0 radical (unpaired) electrons. The lowest BCUT2D eigenvalue weighted by Crippen LogP contribution is -2.27. The van der Waals surface area contributed by atoms with Crippen molar-refractivity contribution in [2.45, 2.75) is 58.0 Å². The predicted molar refractivity (Wildman–Crippen MR) is 74.5 cm³/mol. The lowest BCUT2D eigenvalue weighted by atomic mass is 9.81. The molecule has 1 heterocycles. The van der Waals surface area contributed by atoms with Gasteiger partial charge in [-0.1, -0.05) is 5.16 Å². The van der Waals surface area contributed by atoms with Gasteiger partial charge < -0.3 is 4.74 Å². The Balaban J connectivity index is 1.99. The van der Waals surface area contributed by atoms with E-state index in [1.807, 2.05) is 0 Å². The number of nitrogens with one attached hydrogen (secondary N) is 1. The fourth-order valence-corrected chi connectivity index (χ4v) is 2.45. The van der Waals surface area contributed by atoms with E-state index in [9.17, 15) is 4.79 Å². The number of ether oxygens (including phenoxy) is 1. The van der Waals surface area contributed by atoms with Crippen molar-refractivity contribution >= 4 is 11.9 Å². The van der Waals surface area contributed by atoms with Crippen molar-refractivity contribution in [1.82, 2.24) is 10.3 Å². The molecule has 1 amide bonds. The molecule has 1 aliphatic rings. The van der Waals surface area contributed by atoms with Crippen molar-refractivity contribution in [1.29, 1.82) is 5.26 Å². The zero-order chi connectivity index (χ0) is 15.5. The molecule has 7 heteroatoms. The number of aromatic nitrogens is 2. The summed E-state index contributed by atoms with van der Waals surface area (Å²) in [6.07, 6.45) is 2.77. The molecule has 114 valence electrons. The van der Waals surface area contributed by atoms with Crippen molar-refractivity contribution in [3.05, 3.63) is 5.69 Å². The lowest BCUT2D eigenvalue weighted by Gasteiger charge is -2.23. The van der Waals surface area contributed by atoms with Gasteiger partial charge in [-0.3, -0.25) is 5.32 Å². The average Bonchev–Trinajstić information content (AvgIpc) is 2.84. The first-order valence-corrected chi connectivity index (χ1v) is 7.11. The number of carbonyl (C=O) groups excluding carboxylic acids is 1. The van der Waals surface area contributed by atoms with E-state index in [1.54, 1.807) is 20.8 Å². The van der Waals surface area contributed by atoms with Gasteiger partial charge in [0.25, 0.3) is 0 Å². The summed E-state index contributed by atoms with van der Waals surface area (Å²) in [6, 6.07) is 2.29. The van der Waals surface area contributed by atoms with E-state index >= 15 is 0 Å². The van der Waals surface area contributed by atoms with E-state index in [1.165, 1.54) is 0 Å². The van der Waals surface area contributed by atoms with E-state index < -0.39 is 11.7 Å². The van der Waals surface area contributed by atoms with Crippen LogP contribution in [-0.4, -0.2) is 22.0 Å². The Bertz CT molecular complexity index is 533. The number of anilines is 1. The molecule has 1 aliphatic carbocycles. The maximum absolute atomic E-state index is 11.8. The fraction of sp³-hybridized carbons (Fsp3) is 0.714. The summed E-state index contributed by atoms with van der Waals surface area (Å²) >= 11 is 0. The van der Waals surface area contributed by atoms with Crippen LogP contribution in [0.25, 0.3) is 0 Å². The highest BCUT2D eigenvalue weighted by atomic mass is 16.6. The smallest absolute Gasteiger partial charge is 0.413 e. The van der Waals surface area contributed by atoms with E-state index in [-0.39, 0.29) is 11.8 Å². The van der Waals surface area contributed by atoms with Gasteiger partial charge in [0, 0.05) is 11.8 Å². The van der Waals surface area contributed by atoms with E-state index in [0.717, 1.165) is 25.7 Å². The van der Waals surface area contributed by atoms with Crippen LogP contribution in [0.5, 0.6) is 0 Å². The minimum Gasteiger partial charge on any atom is -0.444 e. The minimum absolute atomic E-state index is 0.114. The molecule has 1 aromatic rings. The highest BCUT2D eigenvalue weighted by Gasteiger charge is 2.28. The number of nitrogens with zero attached hydrogens (tertiary/aromatic N) is 3. The number of amides is 1. The van der Waals surface area contributed by atoms with Crippen molar-refractivity contribution < 1.29 is 14.2 Å². The molecule has 0 saturated heterocycles. The molecule has 0 bridgehead atoms. The molecule has 21 heavy (non-hydrogen) atoms. The zero-order valence-corrected chi connectivity index (χ0v) is 12.5. The zero-order valence-electron chi connectivity index (χ0n) is 12.5. The molecule has 1 fully saturated rings. The van der Waals surface area contributed by atoms with Gasteiger partial charge in [0.15, 0.2) is 0 Å². The maximum Gasteiger partial charge on any atom is 0.413 e. The standard InChI is InChI=1S/C14H20N4O3/c1-14(2,3)20-13(19)16-12-11(17-21-18-12)10-6-4-9(8-15)5-7-10/h9-10H,4-7H2,1-3H3,(H,16,18,19). The Hall–Kier alpha value is -2.10. The van der Waals surface area contributed by atoms with Gasteiger partial charge in [-0.05, 0) is 51.6 Å². The summed E-state index contributed by atoms with van der Waals surface area (Å²) in [6.45, 7) is 5.37. The first-order valence-electron chi connectivity index (χ1n) is 7.11. The van der Waals surface area contributed by atoms with Crippen LogP contribution in [0, 0.1) is 17.2 Å². The molecule has 7 nitrogen and oxygen atoms in total. The van der Waals surface area contributed by atoms with Crippen LogP contribution >= 0.6 is 0 Å². The minimum atomic E-state index is -0.579. The van der Waals surface area contributed by atoms with Gasteiger partial charge in [-0.25, -0.2) is 9.42 Å². The number of nitriles is 1. The molecule has 1 N–H and O–H groups in total. The second kappa shape index (κ2) is 6.12. The topological polar surface area (TPSA) is 101 Å². The molecule has 0 unspecified atom stereocenters. The van der Waals surface area contributed by atoms with Crippen LogP contribution < -0.4 is 5.32 Å². The summed E-state index contributed by atoms with van der Waals surface area (Å²) < 4.78 is 9.93. The lowest BCUT2D eigenvalue weighted by molar-refractivity contribution is 0.0634. The summed E-state index contributed by atoms with van der Waals surface area (Å²) in [7, 11) is 0. The number of hydrogen-bond donors (Lipinski definition) is 1. The Morgan fingerprint density at radius 2 is 2.00 bits per heavy atom. The number of rotatable bonds is 2. The molecule has 0 spiro atoms. The van der Waals surface area contributed by atoms with Crippen molar-refractivity contribution in [3.8, 4) is 6.07 Å². The van der Waals surface area contributed by atoms with Gasteiger partial charge >= 0.3 is 6.09 Å². The molecule has 1 aromatic heterocycles. The third-order valence-corrected chi connectivity index (χ3v) is 3.43. The largest absolute Gasteiger partial charge is 0.444 e. The van der Waals surface area contributed by atoms with Crippen LogP contribution in [0.15, 0.2) is 4.63 Å². The number of carbonyl (C=O) groups is 1. The van der Waals surface area contributed by atoms with Crippen molar-refractivity contribution in [3.63, 3.8) is 0 Å². The molecule has 0 aliphatic heterocycles. The van der Waals surface area contributed by atoms with Gasteiger partial charge in [-0.15, -0.1) is 0 Å². The summed E-state index contributed by atoms with van der Waals surface area (Å²) in [5, 5.41) is 19.1. The first kappa shape index (κ1) is 15.3. The normalized spacial score (nSPS) is 22.4. The fourth-order valence-electron chi connectivity index (χ4n) is 2.45. The summed E-state index contributed by atoms with van der Waals surface area (Å²) in [5.74, 6) is 0.582. The van der Waals surface area contributed by atoms with Crippen LogP contribution in [0.3, 0.4) is 0 Å². The Kier molecular flexibility index (Phi) is 4.46. The first-order chi connectivity index (χ1) is 9.89. The van der Waals surface area contributed by atoms with Gasteiger partial charge in [-0.2, -0.15) is 5.26 Å². The molecule has 0 atom stereocenters. The Morgan fingerprint density at radius 3 is 2.57 bits per heavy atom. The Morgan fingerprint density at radius 1 is 1.33 bits per heavy atom. The van der Waals surface area contributed by atoms with Gasteiger partial charge in [0.1, 0.15) is 11.3 Å². The van der Waals surface area contributed by atoms with Crippen LogP contribution in [0.2, 0.25) is 0 Å². The monoisotopic (exact) mass is 292 g/mol. The van der Waals surface area contributed by atoms with Crippen LogP contribution in [-0.2, 0) is 4.74 Å². The van der Waals surface area contributed by atoms with Crippen molar-refractivity contribution in [2.24, 2.45) is 5.92 Å². The Labute approximate surface area is 123 Å². The second-order valence-corrected chi connectivity index (χ2v) is 6.30. The van der Waals surface area contributed by atoms with Crippen LogP contribution in [0.1, 0.15) is 58.1 Å². The number of hydrogen-bond acceptors (Lipinski definition) is 6. The highest BCUT2D eigenvalue weighted by molar-refractivity contribution is 5.84. The van der Waals surface area contributed by atoms with Gasteiger partial charge in [0.05, 0.1) is 6.07 Å². The third kappa shape index (κ3) is 4.18. The average molecular weight is 292 g/mol. The van der Waals surface area contributed by atoms with Gasteiger partial charge in [0.2, 0.25) is 5.82 Å². The third-order valence-electron chi connectivity index (χ3n) is 3.43. The second-order valence-electron chi connectivity index (χ2n) is 6.30. The SMILES string of the molecule is CC(C)(C)OC(=O)Nc1nonc1C1CCC(C#N)CC1. The van der Waals surface area contributed by atoms with Crippen molar-refractivity contribution in [2.75, 3.05) is 5.32 Å².